The van der Waals surface area contributed by atoms with Crippen LogP contribution in [0.5, 0.6) is 0 Å². The summed E-state index contributed by atoms with van der Waals surface area (Å²) in [6.07, 6.45) is 7.36. The van der Waals surface area contributed by atoms with E-state index in [1.165, 1.54) is 26.4 Å². The van der Waals surface area contributed by atoms with E-state index in [9.17, 15) is 67.7 Å². The summed E-state index contributed by atoms with van der Waals surface area (Å²) in [7, 11) is 0. The smallest absolute Gasteiger partial charge is 0.326 e. The number of aromatic amines is 2. The van der Waals surface area contributed by atoms with Crippen LogP contribution in [0.2, 0.25) is 0 Å². The van der Waals surface area contributed by atoms with Crippen molar-refractivity contribution in [3.05, 3.63) is 90.1 Å². The zero-order chi connectivity index (χ0) is 77.9. The number of hydrogen-bond acceptors (Lipinski definition) is 18. The molecule has 34 nitrogen and oxygen atoms in total. The molecule has 105 heavy (non-hydrogen) atoms. The van der Waals surface area contributed by atoms with Crippen molar-refractivity contribution in [2.75, 3.05) is 26.2 Å². The third-order valence-electron chi connectivity index (χ3n) is 18.4. The third-order valence-corrected chi connectivity index (χ3v) is 18.4. The quantitative estimate of drug-likeness (QED) is 0.0131. The highest BCUT2D eigenvalue weighted by atomic mass is 16.4. The van der Waals surface area contributed by atoms with Crippen LogP contribution in [-0.2, 0) is 76.8 Å². The van der Waals surface area contributed by atoms with Crippen molar-refractivity contribution in [2.45, 2.75) is 218 Å². The highest BCUT2D eigenvalue weighted by molar-refractivity contribution is 6.00. The molecule has 2 heterocycles. The molecule has 0 aliphatic rings. The van der Waals surface area contributed by atoms with Gasteiger partial charge in [0, 0.05) is 48.4 Å². The van der Waals surface area contributed by atoms with Crippen molar-refractivity contribution in [1.82, 2.24) is 73.4 Å². The van der Waals surface area contributed by atoms with E-state index < -0.39 is 168 Å². The Kier molecular flexibility index (Phi) is 37.6. The molecule has 0 unspecified atom stereocenters. The number of unbranched alkanes of at least 4 members (excludes halogenated alkanes) is 2. The maximum absolute atomic E-state index is 14.8. The summed E-state index contributed by atoms with van der Waals surface area (Å²) in [5.74, 6) is -12.2. The molecule has 25 N–H and O–H groups in total. The van der Waals surface area contributed by atoms with Crippen molar-refractivity contribution in [2.24, 2.45) is 51.4 Å². The van der Waals surface area contributed by atoms with E-state index in [0.717, 1.165) is 16.5 Å². The molecule has 15 atom stereocenters. The summed E-state index contributed by atoms with van der Waals surface area (Å²) in [6.45, 7) is 12.8. The molecule has 0 saturated carbocycles. The number of hydrogen-bond donors (Lipinski definition) is 20. The SMILES string of the molecule is CC[C@H](C)[C@H](NC(=O)[C@H](CCCN=C(N)N)NC(=O)[C@H](Cc1ccccc1)NC(=O)[C@@H](NC(=O)[C@@H](NC(=O)[C@@H](N)Cc1c[nH]c2ccccc12)[C@@H](C)CC)[C@@H](C)CC)C(=O)N[C@@H](C)C(=O)N[C@@H](C)C(=O)N[C@@H](CO)C(=O)N[C@@H](Cc1cnc[nH]1)C(=O)N[C@@H](CCCCN)C(=O)N[C@@H](CCCCN)C(=O)O. The predicted molar refractivity (Wildman–Crippen MR) is 394 cm³/mol. The molecule has 0 aliphatic heterocycles. The molecule has 0 bridgehead atoms. The number of carboxylic acids is 1. The van der Waals surface area contributed by atoms with Crippen molar-refractivity contribution in [3.8, 4) is 0 Å². The van der Waals surface area contributed by atoms with Crippen molar-refractivity contribution in [3.63, 3.8) is 0 Å². The lowest BCUT2D eigenvalue weighted by molar-refractivity contribution is -0.142. The average Bonchev–Trinajstić information content (AvgIpc) is 1.78. The molecule has 0 spiro atoms. The summed E-state index contributed by atoms with van der Waals surface area (Å²) in [4.78, 5) is 182. The van der Waals surface area contributed by atoms with E-state index in [2.05, 4.69) is 78.4 Å². The summed E-state index contributed by atoms with van der Waals surface area (Å²) in [6, 6.07) is 0.177. The monoisotopic (exact) mass is 1470 g/mol. The zero-order valence-corrected chi connectivity index (χ0v) is 61.4. The molecule has 11 amide bonds. The van der Waals surface area contributed by atoms with Gasteiger partial charge in [0.2, 0.25) is 65.0 Å². The van der Waals surface area contributed by atoms with Crippen LogP contribution in [0.15, 0.2) is 78.3 Å². The maximum atomic E-state index is 14.8. The number of nitrogens with one attached hydrogen (secondary N) is 13. The fourth-order valence-corrected chi connectivity index (χ4v) is 11.3. The fraction of sp³-hybridized carbons (Fsp3) is 0.577. The number of imidazole rings is 1. The van der Waals surface area contributed by atoms with Crippen molar-refractivity contribution in [1.29, 1.82) is 0 Å². The number of amides is 11. The minimum Gasteiger partial charge on any atom is -0.480 e. The summed E-state index contributed by atoms with van der Waals surface area (Å²) in [5, 5.41) is 50.1. The number of nitrogens with zero attached hydrogens (tertiary/aromatic N) is 2. The number of carbonyl (C=O) groups is 12. The molecular weight excluding hydrogens is 1360 g/mol. The van der Waals surface area contributed by atoms with Crippen LogP contribution in [0.25, 0.3) is 10.9 Å². The fourth-order valence-electron chi connectivity index (χ4n) is 11.3. The van der Waals surface area contributed by atoms with Crippen molar-refractivity contribution >= 4 is 87.8 Å². The minimum atomic E-state index is -1.72. The van der Waals surface area contributed by atoms with E-state index in [0.29, 0.717) is 62.7 Å². The number of fused-ring (bicyclic) bond motifs is 1. The Bertz CT molecular complexity index is 3500. The van der Waals surface area contributed by atoms with Crippen molar-refractivity contribution < 1.29 is 67.7 Å². The van der Waals surface area contributed by atoms with E-state index in [1.807, 2.05) is 38.1 Å². The van der Waals surface area contributed by atoms with Gasteiger partial charge in [-0.3, -0.25) is 57.7 Å². The van der Waals surface area contributed by atoms with Gasteiger partial charge in [0.1, 0.15) is 66.5 Å². The number of aliphatic hydroxyl groups is 1. The number of nitrogens with two attached hydrogens (primary N) is 5. The second-order valence-corrected chi connectivity index (χ2v) is 26.6. The molecular formula is C71H112N20O14. The first-order chi connectivity index (χ1) is 50.0. The molecule has 0 saturated heterocycles. The molecule has 4 rings (SSSR count). The number of aliphatic hydroxyl groups excluding tert-OH is 1. The van der Waals surface area contributed by atoms with Crippen LogP contribution in [-0.4, -0.2) is 201 Å². The Morgan fingerprint density at radius 1 is 0.476 bits per heavy atom. The average molecular weight is 1470 g/mol. The largest absolute Gasteiger partial charge is 0.480 e. The van der Waals surface area contributed by atoms with Gasteiger partial charge < -0.3 is 107 Å². The van der Waals surface area contributed by atoms with Crippen LogP contribution >= 0.6 is 0 Å². The number of rotatable bonds is 48. The molecule has 0 radical (unpaired) electrons. The lowest BCUT2D eigenvalue weighted by atomic mass is 9.94. The van der Waals surface area contributed by atoms with Gasteiger partial charge in [-0.25, -0.2) is 9.78 Å². The summed E-state index contributed by atoms with van der Waals surface area (Å²) < 4.78 is 0. The normalized spacial score (nSPS) is 15.5. The highest BCUT2D eigenvalue weighted by Gasteiger charge is 2.38. The predicted octanol–water partition coefficient (Wildman–Crippen LogP) is -1.85. The number of aliphatic imine (C=N–C) groups is 1. The second-order valence-electron chi connectivity index (χ2n) is 26.6. The first-order valence-corrected chi connectivity index (χ1v) is 36.0. The topological polar surface area (TPSA) is 565 Å². The maximum Gasteiger partial charge on any atom is 0.326 e. The number of aromatic nitrogens is 3. The van der Waals surface area contributed by atoms with Crippen LogP contribution in [0, 0.1) is 17.8 Å². The molecule has 0 fully saturated rings. The number of carbonyl (C=O) groups excluding carboxylic acids is 11. The first kappa shape index (κ1) is 87.3. The number of para-hydroxylation sites is 1. The number of aliphatic carboxylic acids is 1. The van der Waals surface area contributed by atoms with E-state index in [1.54, 1.807) is 64.2 Å². The third kappa shape index (κ3) is 28.8. The Hall–Kier alpha value is -10.1. The molecule has 580 valence electrons. The van der Waals surface area contributed by atoms with Gasteiger partial charge in [0.25, 0.3) is 0 Å². The van der Waals surface area contributed by atoms with Gasteiger partial charge in [-0.2, -0.15) is 0 Å². The molecule has 2 aromatic carbocycles. The van der Waals surface area contributed by atoms with E-state index >= 15 is 0 Å². The van der Waals surface area contributed by atoms with Gasteiger partial charge in [0.05, 0.1) is 19.0 Å². The van der Waals surface area contributed by atoms with Crippen LogP contribution < -0.4 is 87.2 Å². The second kappa shape index (κ2) is 45.2. The molecule has 4 aromatic rings. The number of H-pyrrole nitrogens is 2. The van der Waals surface area contributed by atoms with Gasteiger partial charge in [0.15, 0.2) is 5.96 Å². The van der Waals surface area contributed by atoms with Gasteiger partial charge >= 0.3 is 5.97 Å². The Labute approximate surface area is 612 Å². The Balaban J connectivity index is 1.50. The Morgan fingerprint density at radius 3 is 1.44 bits per heavy atom. The minimum absolute atomic E-state index is 0.0191. The zero-order valence-electron chi connectivity index (χ0n) is 61.4. The number of guanidine groups is 1. The standard InChI is InChI=1S/C71H112N20O14/c1-9-39(4)56(67(101)82-42(7)59(93)81-43(8)60(94)88-55(37-92)66(100)86-54(34-46-36-77-38-80-46)65(99)83-50(26-17-19-29-72)62(96)85-52(70(104)105)27-18-20-30-73)90-63(97)51(28-21-31-78-71(75)76)84-64(98)53(32-44-22-13-12-14-23-44)87-68(102)57(40(5)10-2)91-69(103)58(41(6)11-3)89-61(95)48(74)33-45-35-79-49-25-16-15-24-47(45)49/h12-16,22-25,35-36,38-43,48,50-58,79,92H,9-11,17-21,26-34,37,72-74H2,1-8H3,(H,77,80)(H,81,93)(H,82,101)(H,83,99)(H,84,98)(H,85,96)(H,86,100)(H,87,102)(H,88,94)(H,89,95)(H,90,97)(H,91,103)(H,104,105)(H4,75,76,78)/t39-,40-,41-,42-,43-,48-,50-,51-,52-,53-,54-,55-,56-,57-,58-/m0/s1. The molecule has 2 aromatic heterocycles. The molecule has 34 heteroatoms. The van der Waals surface area contributed by atoms with Crippen LogP contribution in [0.3, 0.4) is 0 Å². The summed E-state index contributed by atoms with van der Waals surface area (Å²) >= 11 is 0. The van der Waals surface area contributed by atoms with Crippen LogP contribution in [0.4, 0.5) is 0 Å². The van der Waals surface area contributed by atoms with Gasteiger partial charge in [-0.1, -0.05) is 109 Å². The number of benzene rings is 2. The van der Waals surface area contributed by atoms with Gasteiger partial charge in [-0.15, -0.1) is 0 Å². The molecule has 0 aliphatic carbocycles. The lowest BCUT2D eigenvalue weighted by Gasteiger charge is -2.31. The number of carboxylic acid groups (broad SMARTS) is 1. The van der Waals surface area contributed by atoms with E-state index in [4.69, 9.17) is 28.7 Å². The summed E-state index contributed by atoms with van der Waals surface area (Å²) in [5.41, 5.74) is 31.6. The van der Waals surface area contributed by atoms with Crippen LogP contribution in [0.1, 0.15) is 143 Å². The lowest BCUT2D eigenvalue weighted by Crippen LogP contribution is -2.62. The van der Waals surface area contributed by atoms with Gasteiger partial charge in [-0.05, 0) is 120 Å². The highest BCUT2D eigenvalue weighted by Crippen LogP contribution is 2.21. The first-order valence-electron chi connectivity index (χ1n) is 36.0. The Morgan fingerprint density at radius 2 is 0.905 bits per heavy atom. The van der Waals surface area contributed by atoms with E-state index in [-0.39, 0.29) is 64.0 Å².